The maximum atomic E-state index is 13.5. The number of carbonyl (C=O) groups is 2. The van der Waals surface area contributed by atoms with Crippen LogP contribution in [0.2, 0.25) is 0 Å². The average Bonchev–Trinajstić information content (AvgIpc) is 3.45. The third-order valence-electron chi connectivity index (χ3n) is 6.72. The van der Waals surface area contributed by atoms with E-state index in [1.54, 1.807) is 49.7 Å². The number of ether oxygens (including phenoxy) is 2. The number of pyridine rings is 1. The first kappa shape index (κ1) is 26.4. The van der Waals surface area contributed by atoms with E-state index in [9.17, 15) is 14.7 Å². The van der Waals surface area contributed by atoms with E-state index < -0.39 is 17.7 Å². The lowest BCUT2D eigenvalue weighted by molar-refractivity contribution is -0.132. The van der Waals surface area contributed by atoms with Gasteiger partial charge in [0.05, 0.1) is 35.2 Å². The van der Waals surface area contributed by atoms with Crippen molar-refractivity contribution in [2.45, 2.75) is 39.7 Å². The van der Waals surface area contributed by atoms with Crippen molar-refractivity contribution in [2.24, 2.45) is 0 Å². The van der Waals surface area contributed by atoms with Gasteiger partial charge in [-0.3, -0.25) is 19.5 Å². The van der Waals surface area contributed by atoms with Gasteiger partial charge in [0.15, 0.2) is 5.13 Å². The van der Waals surface area contributed by atoms with Gasteiger partial charge in [0.1, 0.15) is 23.3 Å². The molecular formula is C30H29N3O5S. The Labute approximate surface area is 230 Å². The van der Waals surface area contributed by atoms with Crippen LogP contribution in [0, 0.1) is 6.92 Å². The Morgan fingerprint density at radius 1 is 1.13 bits per heavy atom. The lowest BCUT2D eigenvalue weighted by Crippen LogP contribution is -2.29. The molecule has 0 bridgehead atoms. The number of rotatable bonds is 7. The number of thiazole rings is 1. The summed E-state index contributed by atoms with van der Waals surface area (Å²) in [4.78, 5) is 37.6. The third kappa shape index (κ3) is 4.63. The maximum Gasteiger partial charge on any atom is 0.301 e. The van der Waals surface area contributed by atoms with Gasteiger partial charge in [-0.2, -0.15) is 0 Å². The van der Waals surface area contributed by atoms with Crippen LogP contribution in [0.1, 0.15) is 55.1 Å². The number of aliphatic hydroxyl groups is 1. The third-order valence-corrected chi connectivity index (χ3v) is 7.73. The Morgan fingerprint density at radius 2 is 1.92 bits per heavy atom. The number of ketones is 1. The fourth-order valence-corrected chi connectivity index (χ4v) is 5.81. The lowest BCUT2D eigenvalue weighted by Gasteiger charge is -2.22. The summed E-state index contributed by atoms with van der Waals surface area (Å²) in [7, 11) is 1.60. The summed E-state index contributed by atoms with van der Waals surface area (Å²) < 4.78 is 12.0. The van der Waals surface area contributed by atoms with Crippen molar-refractivity contribution in [1.29, 1.82) is 0 Å². The molecule has 200 valence electrons. The van der Waals surface area contributed by atoms with Crippen LogP contribution >= 0.6 is 11.3 Å². The van der Waals surface area contributed by atoms with E-state index in [2.05, 4.69) is 4.98 Å². The number of benzene rings is 2. The second-order valence-electron chi connectivity index (χ2n) is 9.55. The van der Waals surface area contributed by atoms with Crippen molar-refractivity contribution < 1.29 is 24.2 Å². The molecule has 5 rings (SSSR count). The molecule has 4 aromatic rings. The quantitative estimate of drug-likeness (QED) is 0.169. The van der Waals surface area contributed by atoms with Gasteiger partial charge in [-0.05, 0) is 73.4 Å². The summed E-state index contributed by atoms with van der Waals surface area (Å²) in [5.41, 5.74) is 3.31. The smallest absolute Gasteiger partial charge is 0.301 e. The first-order valence-corrected chi connectivity index (χ1v) is 13.5. The van der Waals surface area contributed by atoms with Crippen LogP contribution in [0.15, 0.2) is 60.3 Å². The molecule has 8 nitrogen and oxygen atoms in total. The van der Waals surface area contributed by atoms with Crippen LogP contribution in [0.25, 0.3) is 16.0 Å². The second kappa shape index (κ2) is 10.5. The molecule has 1 atom stereocenters. The Hall–Kier alpha value is -4.24. The fourth-order valence-electron chi connectivity index (χ4n) is 4.81. The van der Waals surface area contributed by atoms with Crippen LogP contribution in [-0.2, 0) is 9.59 Å². The van der Waals surface area contributed by atoms with Gasteiger partial charge in [0.2, 0.25) is 0 Å². The number of hydrogen-bond donors (Lipinski definition) is 1. The van der Waals surface area contributed by atoms with Crippen molar-refractivity contribution in [3.63, 3.8) is 0 Å². The van der Waals surface area contributed by atoms with Crippen LogP contribution < -0.4 is 14.4 Å². The molecule has 0 saturated carbocycles. The molecule has 39 heavy (non-hydrogen) atoms. The number of hydrogen-bond acceptors (Lipinski definition) is 8. The largest absolute Gasteiger partial charge is 0.507 e. The first-order chi connectivity index (χ1) is 18.7. The summed E-state index contributed by atoms with van der Waals surface area (Å²) >= 11 is 1.27. The van der Waals surface area contributed by atoms with Crippen LogP contribution in [0.4, 0.5) is 5.13 Å². The molecule has 0 radical (unpaired) electrons. The SMILES string of the molecule is CCOc1ccc(/C(O)=C2\C(=O)C(=O)N(c3nc4cc(C)c(OC)cc4s3)C2c2ccccn2)cc1C(C)C. The Balaban J connectivity index is 1.70. The summed E-state index contributed by atoms with van der Waals surface area (Å²) in [5, 5.41) is 11.9. The van der Waals surface area contributed by atoms with E-state index in [1.807, 2.05) is 39.8 Å². The Morgan fingerprint density at radius 3 is 2.59 bits per heavy atom. The topological polar surface area (TPSA) is 102 Å². The van der Waals surface area contributed by atoms with Gasteiger partial charge in [0, 0.05) is 11.8 Å². The zero-order valence-electron chi connectivity index (χ0n) is 22.4. The molecule has 3 heterocycles. The zero-order chi connectivity index (χ0) is 27.8. The highest BCUT2D eigenvalue weighted by Gasteiger charge is 2.49. The van der Waals surface area contributed by atoms with E-state index in [4.69, 9.17) is 14.5 Å². The normalized spacial score (nSPS) is 16.9. The predicted molar refractivity (Wildman–Crippen MR) is 152 cm³/mol. The van der Waals surface area contributed by atoms with Gasteiger partial charge < -0.3 is 14.6 Å². The van der Waals surface area contributed by atoms with Crippen molar-refractivity contribution in [1.82, 2.24) is 9.97 Å². The zero-order valence-corrected chi connectivity index (χ0v) is 23.2. The highest BCUT2D eigenvalue weighted by atomic mass is 32.1. The molecule has 1 N–H and O–H groups in total. The van der Waals surface area contributed by atoms with Crippen molar-refractivity contribution in [3.05, 3.63) is 82.7 Å². The van der Waals surface area contributed by atoms with Gasteiger partial charge in [-0.15, -0.1) is 0 Å². The number of aryl methyl sites for hydroxylation is 1. The highest BCUT2D eigenvalue weighted by Crippen LogP contribution is 2.44. The van der Waals surface area contributed by atoms with E-state index in [0.717, 1.165) is 15.8 Å². The summed E-state index contributed by atoms with van der Waals surface area (Å²) in [6.45, 7) is 8.38. The standard InChI is InChI=1S/C30H29N3O5S/c1-6-38-22-11-10-18(14-19(22)16(2)3)27(34)25-26(20-9-7-8-12-31-20)33(29(36)28(25)35)30-32-21-13-17(4)23(37-5)15-24(21)39-30/h7-16,26,34H,6H2,1-5H3/b27-25+. The molecule has 9 heteroatoms. The molecule has 2 aromatic carbocycles. The van der Waals surface area contributed by atoms with Crippen LogP contribution in [-0.4, -0.2) is 40.5 Å². The minimum absolute atomic E-state index is 0.0365. The van der Waals surface area contributed by atoms with Crippen LogP contribution in [0.5, 0.6) is 11.5 Å². The van der Waals surface area contributed by atoms with Gasteiger partial charge in [-0.25, -0.2) is 4.98 Å². The fraction of sp³-hybridized carbons (Fsp3) is 0.267. The molecule has 0 aliphatic carbocycles. The van der Waals surface area contributed by atoms with Gasteiger partial charge >= 0.3 is 5.91 Å². The predicted octanol–water partition coefficient (Wildman–Crippen LogP) is 6.16. The van der Waals surface area contributed by atoms with Crippen molar-refractivity contribution in [3.8, 4) is 11.5 Å². The second-order valence-corrected chi connectivity index (χ2v) is 10.6. The molecule has 1 aliphatic heterocycles. The minimum Gasteiger partial charge on any atom is -0.507 e. The summed E-state index contributed by atoms with van der Waals surface area (Å²) in [6.07, 6.45) is 1.59. The van der Waals surface area contributed by atoms with E-state index >= 15 is 0 Å². The van der Waals surface area contributed by atoms with E-state index in [0.29, 0.717) is 40.0 Å². The average molecular weight is 544 g/mol. The lowest BCUT2D eigenvalue weighted by atomic mass is 9.94. The number of Topliss-reactive ketones (excluding diaryl/α,β-unsaturated/α-hetero) is 1. The number of amides is 1. The number of nitrogens with zero attached hydrogens (tertiary/aromatic N) is 3. The number of aromatic nitrogens is 2. The van der Waals surface area contributed by atoms with Crippen molar-refractivity contribution in [2.75, 3.05) is 18.6 Å². The van der Waals surface area contributed by atoms with Crippen molar-refractivity contribution >= 4 is 44.1 Å². The molecular weight excluding hydrogens is 514 g/mol. The molecule has 1 fully saturated rings. The molecule has 1 unspecified atom stereocenters. The minimum atomic E-state index is -0.955. The number of carbonyl (C=O) groups excluding carboxylic acids is 2. The van der Waals surface area contributed by atoms with E-state index in [-0.39, 0.29) is 17.3 Å². The molecule has 0 spiro atoms. The highest BCUT2D eigenvalue weighted by molar-refractivity contribution is 7.22. The van der Waals surface area contributed by atoms with Gasteiger partial charge in [0.25, 0.3) is 5.78 Å². The number of methoxy groups -OCH3 is 1. The maximum absolute atomic E-state index is 13.5. The Kier molecular flexibility index (Phi) is 7.10. The summed E-state index contributed by atoms with van der Waals surface area (Å²) in [5.74, 6) is -0.309. The number of aliphatic hydroxyl groups excluding tert-OH is 1. The molecule has 1 saturated heterocycles. The molecule has 2 aromatic heterocycles. The van der Waals surface area contributed by atoms with E-state index in [1.165, 1.54) is 16.2 Å². The number of anilines is 1. The number of fused-ring (bicyclic) bond motifs is 1. The first-order valence-electron chi connectivity index (χ1n) is 12.7. The van der Waals surface area contributed by atoms with Gasteiger partial charge in [-0.1, -0.05) is 31.3 Å². The molecule has 1 aliphatic rings. The Bertz CT molecular complexity index is 1610. The monoisotopic (exact) mass is 543 g/mol. The summed E-state index contributed by atoms with van der Waals surface area (Å²) in [6, 6.07) is 13.3. The molecule has 1 amide bonds. The van der Waals surface area contributed by atoms with Crippen LogP contribution in [0.3, 0.4) is 0 Å².